The van der Waals surface area contributed by atoms with Crippen molar-refractivity contribution in [2.45, 2.75) is 11.8 Å². The van der Waals surface area contributed by atoms with Crippen LogP contribution in [0.1, 0.15) is 5.56 Å². The molecule has 0 radical (unpaired) electrons. The molecule has 0 aliphatic carbocycles. The number of nitrogens with one attached hydrogen (secondary N) is 1. The van der Waals surface area contributed by atoms with Crippen molar-refractivity contribution in [3.63, 3.8) is 0 Å². The largest absolute Gasteiger partial charge is 0.396 e. The maximum Gasteiger partial charge on any atom is 0.177 e. The number of para-hydroxylation sites is 1. The van der Waals surface area contributed by atoms with Gasteiger partial charge < -0.3 is 11.1 Å². The Morgan fingerprint density at radius 2 is 1.90 bits per heavy atom. The second kappa shape index (κ2) is 5.13. The lowest BCUT2D eigenvalue weighted by atomic mass is 10.2. The van der Waals surface area contributed by atoms with E-state index in [9.17, 15) is 12.8 Å². The highest BCUT2D eigenvalue weighted by Crippen LogP contribution is 2.29. The van der Waals surface area contributed by atoms with Crippen molar-refractivity contribution in [2.24, 2.45) is 0 Å². The van der Waals surface area contributed by atoms with Crippen LogP contribution in [0.5, 0.6) is 0 Å². The van der Waals surface area contributed by atoms with E-state index in [1.165, 1.54) is 12.1 Å². The van der Waals surface area contributed by atoms with Crippen LogP contribution in [0.25, 0.3) is 0 Å². The van der Waals surface area contributed by atoms with Gasteiger partial charge in [-0.2, -0.15) is 0 Å². The third kappa shape index (κ3) is 2.91. The molecule has 0 bridgehead atoms. The smallest absolute Gasteiger partial charge is 0.177 e. The number of rotatable bonds is 3. The van der Waals surface area contributed by atoms with Gasteiger partial charge in [0.05, 0.1) is 16.3 Å². The summed E-state index contributed by atoms with van der Waals surface area (Å²) in [6, 6.07) is 9.25. The van der Waals surface area contributed by atoms with E-state index >= 15 is 0 Å². The quantitative estimate of drug-likeness (QED) is 0.854. The second-order valence-electron chi connectivity index (χ2n) is 4.58. The molecule has 20 heavy (non-hydrogen) atoms. The van der Waals surface area contributed by atoms with Gasteiger partial charge in [-0.1, -0.05) is 6.07 Å². The van der Waals surface area contributed by atoms with Crippen LogP contribution in [0.4, 0.5) is 21.5 Å². The van der Waals surface area contributed by atoms with E-state index in [-0.39, 0.29) is 16.4 Å². The zero-order valence-corrected chi connectivity index (χ0v) is 12.0. The number of aryl methyl sites for hydroxylation is 1. The van der Waals surface area contributed by atoms with Gasteiger partial charge in [0.15, 0.2) is 9.84 Å². The van der Waals surface area contributed by atoms with Gasteiger partial charge in [0.2, 0.25) is 0 Å². The third-order valence-corrected chi connectivity index (χ3v) is 4.06. The Bertz CT molecular complexity index is 758. The molecule has 6 heteroatoms. The Kier molecular flexibility index (Phi) is 3.67. The van der Waals surface area contributed by atoms with Gasteiger partial charge >= 0.3 is 0 Å². The first-order valence-corrected chi connectivity index (χ1v) is 7.80. The standard InChI is InChI=1S/C14H15FN2O2S/c1-9-8-10(6-7-11(9)15)17-12-4-3-5-13(14(12)16)20(2,18)19/h3-8,17H,16H2,1-2H3. The predicted octanol–water partition coefficient (Wildman–Crippen LogP) is 2.86. The van der Waals surface area contributed by atoms with Crippen molar-refractivity contribution in [1.82, 2.24) is 0 Å². The Morgan fingerprint density at radius 1 is 1.20 bits per heavy atom. The highest BCUT2D eigenvalue weighted by molar-refractivity contribution is 7.90. The van der Waals surface area contributed by atoms with E-state index < -0.39 is 9.84 Å². The number of hydrogen-bond acceptors (Lipinski definition) is 4. The maximum absolute atomic E-state index is 13.2. The zero-order valence-electron chi connectivity index (χ0n) is 11.1. The average molecular weight is 294 g/mol. The average Bonchev–Trinajstić information content (AvgIpc) is 2.35. The molecule has 2 aromatic rings. The fourth-order valence-electron chi connectivity index (χ4n) is 1.85. The normalized spacial score (nSPS) is 11.3. The molecule has 0 saturated carbocycles. The Balaban J connectivity index is 2.42. The topological polar surface area (TPSA) is 72.2 Å². The van der Waals surface area contributed by atoms with Crippen LogP contribution in [-0.4, -0.2) is 14.7 Å². The SMILES string of the molecule is Cc1cc(Nc2cccc(S(C)(=O)=O)c2N)ccc1F. The van der Waals surface area contributed by atoms with Crippen molar-refractivity contribution >= 4 is 26.9 Å². The molecule has 0 atom stereocenters. The summed E-state index contributed by atoms with van der Waals surface area (Å²) < 4.78 is 36.4. The lowest BCUT2D eigenvalue weighted by Crippen LogP contribution is -2.05. The number of sulfone groups is 1. The van der Waals surface area contributed by atoms with Gasteiger partial charge in [0.1, 0.15) is 5.82 Å². The molecular formula is C14H15FN2O2S. The van der Waals surface area contributed by atoms with E-state index in [0.29, 0.717) is 16.9 Å². The van der Waals surface area contributed by atoms with Crippen molar-refractivity contribution in [3.05, 3.63) is 47.8 Å². The maximum atomic E-state index is 13.2. The minimum atomic E-state index is -3.39. The highest BCUT2D eigenvalue weighted by atomic mass is 32.2. The lowest BCUT2D eigenvalue weighted by Gasteiger charge is -2.12. The molecule has 0 aliphatic rings. The van der Waals surface area contributed by atoms with Crippen molar-refractivity contribution in [1.29, 1.82) is 0 Å². The molecule has 0 unspecified atom stereocenters. The van der Waals surface area contributed by atoms with Crippen LogP contribution in [0, 0.1) is 12.7 Å². The first kappa shape index (κ1) is 14.3. The number of anilines is 3. The molecular weight excluding hydrogens is 279 g/mol. The Morgan fingerprint density at radius 3 is 2.50 bits per heavy atom. The summed E-state index contributed by atoms with van der Waals surface area (Å²) in [6.45, 7) is 1.65. The van der Waals surface area contributed by atoms with Crippen LogP contribution >= 0.6 is 0 Å². The van der Waals surface area contributed by atoms with Gasteiger partial charge in [-0.3, -0.25) is 0 Å². The fourth-order valence-corrected chi connectivity index (χ4v) is 2.69. The Hall–Kier alpha value is -2.08. The van der Waals surface area contributed by atoms with Crippen molar-refractivity contribution in [2.75, 3.05) is 17.3 Å². The van der Waals surface area contributed by atoms with E-state index in [1.807, 2.05) is 0 Å². The molecule has 0 aliphatic heterocycles. The van der Waals surface area contributed by atoms with E-state index in [2.05, 4.69) is 5.32 Å². The molecule has 0 fully saturated rings. The summed E-state index contributed by atoms with van der Waals surface area (Å²) >= 11 is 0. The summed E-state index contributed by atoms with van der Waals surface area (Å²) in [4.78, 5) is 0.0707. The molecule has 2 rings (SSSR count). The summed E-state index contributed by atoms with van der Waals surface area (Å²) in [5.41, 5.74) is 7.62. The first-order chi connectivity index (χ1) is 9.29. The lowest BCUT2D eigenvalue weighted by molar-refractivity contribution is 0.602. The summed E-state index contributed by atoms with van der Waals surface area (Å²) in [5, 5.41) is 3.00. The van der Waals surface area contributed by atoms with Crippen molar-refractivity contribution in [3.8, 4) is 0 Å². The van der Waals surface area contributed by atoms with Crippen LogP contribution < -0.4 is 11.1 Å². The van der Waals surface area contributed by atoms with Gasteiger partial charge in [0.25, 0.3) is 0 Å². The van der Waals surface area contributed by atoms with Crippen LogP contribution in [-0.2, 0) is 9.84 Å². The van der Waals surface area contributed by atoms with Gasteiger partial charge in [-0.25, -0.2) is 12.8 Å². The zero-order chi connectivity index (χ0) is 14.9. The van der Waals surface area contributed by atoms with Crippen LogP contribution in [0.3, 0.4) is 0 Å². The molecule has 106 valence electrons. The molecule has 2 aromatic carbocycles. The fraction of sp³-hybridized carbons (Fsp3) is 0.143. The molecule has 4 nitrogen and oxygen atoms in total. The van der Waals surface area contributed by atoms with E-state index in [1.54, 1.807) is 31.2 Å². The minimum absolute atomic E-state index is 0.0707. The third-order valence-electron chi connectivity index (χ3n) is 2.90. The van der Waals surface area contributed by atoms with Gasteiger partial charge in [0, 0.05) is 11.9 Å². The summed E-state index contributed by atoms with van der Waals surface area (Å²) in [6.07, 6.45) is 1.10. The van der Waals surface area contributed by atoms with Crippen molar-refractivity contribution < 1.29 is 12.8 Å². The number of nitrogen functional groups attached to an aromatic ring is 1. The highest BCUT2D eigenvalue weighted by Gasteiger charge is 2.14. The minimum Gasteiger partial charge on any atom is -0.396 e. The monoisotopic (exact) mass is 294 g/mol. The van der Waals surface area contributed by atoms with Crippen LogP contribution in [0.15, 0.2) is 41.3 Å². The van der Waals surface area contributed by atoms with Gasteiger partial charge in [-0.15, -0.1) is 0 Å². The number of hydrogen-bond donors (Lipinski definition) is 2. The Labute approximate surface area is 117 Å². The number of halogens is 1. The molecule has 0 amide bonds. The van der Waals surface area contributed by atoms with E-state index in [0.717, 1.165) is 6.26 Å². The predicted molar refractivity (Wildman–Crippen MR) is 78.4 cm³/mol. The number of nitrogens with two attached hydrogens (primary N) is 1. The van der Waals surface area contributed by atoms with E-state index in [4.69, 9.17) is 5.73 Å². The molecule has 0 aromatic heterocycles. The second-order valence-corrected chi connectivity index (χ2v) is 6.56. The molecule has 0 saturated heterocycles. The summed E-state index contributed by atoms with van der Waals surface area (Å²) in [5.74, 6) is -0.298. The molecule has 3 N–H and O–H groups in total. The number of benzene rings is 2. The first-order valence-electron chi connectivity index (χ1n) is 5.91. The molecule has 0 spiro atoms. The van der Waals surface area contributed by atoms with Gasteiger partial charge in [-0.05, 0) is 42.8 Å². The summed E-state index contributed by atoms with van der Waals surface area (Å²) in [7, 11) is -3.39. The molecule has 0 heterocycles. The van der Waals surface area contributed by atoms with Crippen LogP contribution in [0.2, 0.25) is 0 Å².